The Bertz CT molecular complexity index is 1280. The van der Waals surface area contributed by atoms with Gasteiger partial charge in [-0.25, -0.2) is 4.98 Å². The lowest BCUT2D eigenvalue weighted by Gasteiger charge is -2.33. The quantitative estimate of drug-likeness (QED) is 0.573. The molecule has 7 nitrogen and oxygen atoms in total. The van der Waals surface area contributed by atoms with Gasteiger partial charge in [-0.2, -0.15) is 9.61 Å². The number of benzene rings is 1. The van der Waals surface area contributed by atoms with Crippen LogP contribution in [0.15, 0.2) is 72.8 Å². The van der Waals surface area contributed by atoms with Gasteiger partial charge >= 0.3 is 0 Å². The summed E-state index contributed by atoms with van der Waals surface area (Å²) in [5.74, 6) is 1.00. The standard InChI is InChI=1S/C23H22N6O/c1-2-19(27-10-12-30-13-11-27)16-28(9-1)23-15-21(26-22-6-8-25-29(22)23)18-4-3-17-5-7-24-20(17)14-18/h1-8,14-16,24H,9-13H2. The van der Waals surface area contributed by atoms with Gasteiger partial charge in [0.1, 0.15) is 5.82 Å². The predicted octanol–water partition coefficient (Wildman–Crippen LogP) is 3.43. The number of hydrogen-bond donors (Lipinski definition) is 1. The zero-order chi connectivity index (χ0) is 19.9. The summed E-state index contributed by atoms with van der Waals surface area (Å²) in [6.07, 6.45) is 10.4. The van der Waals surface area contributed by atoms with E-state index in [0.29, 0.717) is 0 Å². The summed E-state index contributed by atoms with van der Waals surface area (Å²) in [5, 5.41) is 5.73. The van der Waals surface area contributed by atoms with Gasteiger partial charge < -0.3 is 19.5 Å². The van der Waals surface area contributed by atoms with E-state index < -0.39 is 0 Å². The molecule has 0 aliphatic carbocycles. The van der Waals surface area contributed by atoms with E-state index in [2.05, 4.69) is 68.6 Å². The molecule has 0 saturated carbocycles. The molecule has 0 bridgehead atoms. The summed E-state index contributed by atoms with van der Waals surface area (Å²) >= 11 is 0. The van der Waals surface area contributed by atoms with Crippen LogP contribution in [0, 0.1) is 0 Å². The van der Waals surface area contributed by atoms with Crippen molar-refractivity contribution in [3.63, 3.8) is 0 Å². The number of anilines is 1. The molecule has 1 aromatic carbocycles. The number of nitrogens with zero attached hydrogens (tertiary/aromatic N) is 5. The van der Waals surface area contributed by atoms with Gasteiger partial charge in [0.25, 0.3) is 0 Å². The second-order valence-electron chi connectivity index (χ2n) is 7.59. The molecule has 3 aromatic heterocycles. The molecule has 6 rings (SSSR count). The summed E-state index contributed by atoms with van der Waals surface area (Å²) in [4.78, 5) is 12.8. The molecule has 1 saturated heterocycles. The highest BCUT2D eigenvalue weighted by molar-refractivity contribution is 5.84. The Morgan fingerprint density at radius 1 is 1.03 bits per heavy atom. The molecule has 7 heteroatoms. The first-order valence-corrected chi connectivity index (χ1v) is 10.3. The summed E-state index contributed by atoms with van der Waals surface area (Å²) in [7, 11) is 0. The molecule has 4 aromatic rings. The van der Waals surface area contributed by atoms with Crippen LogP contribution in [0.4, 0.5) is 5.82 Å². The van der Waals surface area contributed by atoms with E-state index in [-0.39, 0.29) is 0 Å². The van der Waals surface area contributed by atoms with Crippen molar-refractivity contribution in [2.24, 2.45) is 0 Å². The first-order chi connectivity index (χ1) is 14.8. The van der Waals surface area contributed by atoms with Crippen LogP contribution < -0.4 is 4.90 Å². The van der Waals surface area contributed by atoms with Crippen LogP contribution in [0.3, 0.4) is 0 Å². The summed E-state index contributed by atoms with van der Waals surface area (Å²) in [6.45, 7) is 4.17. The van der Waals surface area contributed by atoms with Gasteiger partial charge in [0.2, 0.25) is 0 Å². The normalized spacial score (nSPS) is 17.1. The molecule has 5 heterocycles. The average Bonchev–Trinajstić information content (AvgIpc) is 3.48. The Labute approximate surface area is 173 Å². The molecule has 0 radical (unpaired) electrons. The van der Waals surface area contributed by atoms with Crippen LogP contribution in [0.25, 0.3) is 27.8 Å². The Morgan fingerprint density at radius 3 is 2.90 bits per heavy atom. The summed E-state index contributed by atoms with van der Waals surface area (Å²) in [6, 6.07) is 12.6. The lowest BCUT2D eigenvalue weighted by atomic mass is 10.1. The number of morpholine rings is 1. The number of H-pyrrole nitrogens is 1. The van der Waals surface area contributed by atoms with Gasteiger partial charge in [0, 0.05) is 55.2 Å². The lowest BCUT2D eigenvalue weighted by molar-refractivity contribution is 0.0551. The molecule has 0 amide bonds. The third-order valence-electron chi connectivity index (χ3n) is 5.74. The minimum Gasteiger partial charge on any atom is -0.378 e. The second-order valence-corrected chi connectivity index (χ2v) is 7.59. The van der Waals surface area contributed by atoms with Crippen LogP contribution >= 0.6 is 0 Å². The zero-order valence-electron chi connectivity index (χ0n) is 16.5. The Kier molecular flexibility index (Phi) is 4.06. The molecule has 1 fully saturated rings. The number of nitrogens with one attached hydrogen (secondary N) is 1. The molecular formula is C23H22N6O. The smallest absolute Gasteiger partial charge is 0.158 e. The van der Waals surface area contributed by atoms with Gasteiger partial charge in [0.05, 0.1) is 30.8 Å². The first kappa shape index (κ1) is 17.3. The van der Waals surface area contributed by atoms with Crippen molar-refractivity contribution in [1.82, 2.24) is 24.5 Å². The highest BCUT2D eigenvalue weighted by atomic mass is 16.5. The monoisotopic (exact) mass is 398 g/mol. The number of hydrogen-bond acceptors (Lipinski definition) is 5. The van der Waals surface area contributed by atoms with E-state index in [1.54, 1.807) is 6.20 Å². The van der Waals surface area contributed by atoms with Crippen LogP contribution in [0.1, 0.15) is 0 Å². The Morgan fingerprint density at radius 2 is 1.97 bits per heavy atom. The Balaban J connectivity index is 1.43. The molecule has 1 N–H and O–H groups in total. The molecule has 2 aliphatic rings. The van der Waals surface area contributed by atoms with Crippen LogP contribution in [-0.4, -0.2) is 57.3 Å². The van der Waals surface area contributed by atoms with Gasteiger partial charge in [-0.15, -0.1) is 0 Å². The molecule has 150 valence electrons. The molecule has 0 atom stereocenters. The molecule has 2 aliphatic heterocycles. The molecule has 0 unspecified atom stereocenters. The summed E-state index contributed by atoms with van der Waals surface area (Å²) in [5.41, 5.74) is 5.17. The maximum atomic E-state index is 5.51. The van der Waals surface area contributed by atoms with Gasteiger partial charge in [-0.1, -0.05) is 18.2 Å². The van der Waals surface area contributed by atoms with E-state index in [1.807, 2.05) is 16.8 Å². The van der Waals surface area contributed by atoms with E-state index in [4.69, 9.17) is 9.72 Å². The number of aromatic amines is 1. The lowest BCUT2D eigenvalue weighted by Crippen LogP contribution is -2.37. The van der Waals surface area contributed by atoms with E-state index in [9.17, 15) is 0 Å². The minimum atomic E-state index is 0.773. The average molecular weight is 398 g/mol. The number of aromatic nitrogens is 4. The fraction of sp³-hybridized carbons (Fsp3) is 0.217. The summed E-state index contributed by atoms with van der Waals surface area (Å²) < 4.78 is 7.41. The van der Waals surface area contributed by atoms with Crippen molar-refractivity contribution in [3.8, 4) is 11.3 Å². The molecule has 30 heavy (non-hydrogen) atoms. The largest absolute Gasteiger partial charge is 0.378 e. The molecule has 0 spiro atoms. The van der Waals surface area contributed by atoms with Gasteiger partial charge in [0.15, 0.2) is 5.65 Å². The first-order valence-electron chi connectivity index (χ1n) is 10.3. The topological polar surface area (TPSA) is 61.7 Å². The third kappa shape index (κ3) is 2.95. The van der Waals surface area contributed by atoms with Crippen molar-refractivity contribution in [1.29, 1.82) is 0 Å². The number of rotatable bonds is 3. The second kappa shape index (κ2) is 7.03. The van der Waals surface area contributed by atoms with Crippen molar-refractivity contribution in [3.05, 3.63) is 72.8 Å². The van der Waals surface area contributed by atoms with E-state index >= 15 is 0 Å². The SMILES string of the molecule is C1=CC(N2CCOCC2)=CN(c2cc(-c3ccc4cc[nH]c4c3)nc3ccnn23)C1. The number of fused-ring (bicyclic) bond motifs is 2. The van der Waals surface area contributed by atoms with Crippen LogP contribution in [0.5, 0.6) is 0 Å². The van der Waals surface area contributed by atoms with Gasteiger partial charge in [-0.3, -0.25) is 0 Å². The van der Waals surface area contributed by atoms with Crippen molar-refractivity contribution in [2.75, 3.05) is 37.7 Å². The maximum absolute atomic E-state index is 5.51. The highest BCUT2D eigenvalue weighted by Crippen LogP contribution is 2.28. The van der Waals surface area contributed by atoms with Crippen molar-refractivity contribution in [2.45, 2.75) is 0 Å². The minimum absolute atomic E-state index is 0.773. The fourth-order valence-corrected chi connectivity index (χ4v) is 4.17. The van der Waals surface area contributed by atoms with Crippen LogP contribution in [-0.2, 0) is 4.74 Å². The maximum Gasteiger partial charge on any atom is 0.158 e. The number of ether oxygens (including phenoxy) is 1. The van der Waals surface area contributed by atoms with Crippen LogP contribution in [0.2, 0.25) is 0 Å². The van der Waals surface area contributed by atoms with Crippen molar-refractivity contribution < 1.29 is 4.74 Å². The number of allylic oxidation sites excluding steroid dienone is 1. The van der Waals surface area contributed by atoms with Crippen molar-refractivity contribution >= 4 is 22.4 Å². The van der Waals surface area contributed by atoms with E-state index in [0.717, 1.165) is 61.1 Å². The molecular weight excluding hydrogens is 376 g/mol. The third-order valence-corrected chi connectivity index (χ3v) is 5.74. The van der Waals surface area contributed by atoms with Gasteiger partial charge in [-0.05, 0) is 23.6 Å². The predicted molar refractivity (Wildman–Crippen MR) is 117 cm³/mol. The highest BCUT2D eigenvalue weighted by Gasteiger charge is 2.19. The van der Waals surface area contributed by atoms with E-state index in [1.165, 1.54) is 11.1 Å². The Hall–Kier alpha value is -3.58. The fourth-order valence-electron chi connectivity index (χ4n) is 4.17. The zero-order valence-corrected chi connectivity index (χ0v) is 16.5.